The Kier molecular flexibility index (Phi) is 5.42. The number of hydrogen-bond donors (Lipinski definition) is 1. The highest BCUT2D eigenvalue weighted by molar-refractivity contribution is 7.99. The molecular formula is C10H13NOS3. The maximum Gasteiger partial charge on any atom is 0.208 e. The van der Waals surface area contributed by atoms with E-state index in [-0.39, 0.29) is 5.05 Å². The molecule has 2 nitrogen and oxygen atoms in total. The van der Waals surface area contributed by atoms with Crippen molar-refractivity contribution in [2.45, 2.75) is 23.8 Å². The van der Waals surface area contributed by atoms with Gasteiger partial charge >= 0.3 is 0 Å². The van der Waals surface area contributed by atoms with Gasteiger partial charge in [0, 0.05) is 4.90 Å². The third-order valence-electron chi connectivity index (χ3n) is 1.63. The van der Waals surface area contributed by atoms with Gasteiger partial charge in [-0.25, -0.2) is 4.98 Å². The first kappa shape index (κ1) is 12.8. The van der Waals surface area contributed by atoms with Crippen LogP contribution in [0.3, 0.4) is 0 Å². The molecule has 1 aromatic rings. The second kappa shape index (κ2) is 6.35. The predicted molar refractivity (Wildman–Crippen MR) is 71.4 cm³/mol. The fourth-order valence-electron chi connectivity index (χ4n) is 1.08. The van der Waals surface area contributed by atoms with Gasteiger partial charge in [0.05, 0.1) is 5.03 Å². The topological polar surface area (TPSA) is 33.1 Å². The molecule has 0 spiro atoms. The summed E-state index contributed by atoms with van der Waals surface area (Å²) >= 11 is 8.06. The van der Waals surface area contributed by atoms with Crippen LogP contribution < -0.4 is 0 Å². The molecule has 1 heterocycles. The molecule has 82 valence electrons. The Morgan fingerprint density at radius 3 is 2.53 bits per heavy atom. The zero-order valence-corrected chi connectivity index (χ0v) is 11.1. The molecule has 1 rings (SSSR count). The van der Waals surface area contributed by atoms with Gasteiger partial charge in [0.25, 0.3) is 0 Å². The smallest absolute Gasteiger partial charge is 0.208 e. The third kappa shape index (κ3) is 3.66. The van der Waals surface area contributed by atoms with E-state index in [4.69, 9.17) is 12.2 Å². The van der Waals surface area contributed by atoms with E-state index in [9.17, 15) is 5.11 Å². The van der Waals surface area contributed by atoms with Crippen molar-refractivity contribution in [3.05, 3.63) is 17.8 Å². The van der Waals surface area contributed by atoms with Crippen LogP contribution in [0.15, 0.2) is 22.1 Å². The number of aromatic nitrogens is 1. The first-order chi connectivity index (χ1) is 7.19. The second-order valence-corrected chi connectivity index (χ2v) is 5.64. The first-order valence-electron chi connectivity index (χ1n) is 4.69. The molecule has 0 aromatic carbocycles. The summed E-state index contributed by atoms with van der Waals surface area (Å²) in [4.78, 5) is 5.28. The average molecular weight is 259 g/mol. The minimum Gasteiger partial charge on any atom is -0.497 e. The Morgan fingerprint density at radius 1 is 1.33 bits per heavy atom. The summed E-state index contributed by atoms with van der Waals surface area (Å²) in [7, 11) is 0. The molecule has 0 unspecified atom stereocenters. The number of hydrogen-bond acceptors (Lipinski definition) is 4. The van der Waals surface area contributed by atoms with E-state index in [1.807, 2.05) is 12.1 Å². The van der Waals surface area contributed by atoms with E-state index in [1.54, 1.807) is 23.5 Å². The Hall–Kier alpha value is -0.260. The fourth-order valence-corrected chi connectivity index (χ4v) is 2.67. The molecule has 0 atom stereocenters. The standard InChI is InChI=1S/C10H13NOS3/c1-3-14-7-5-6-8(15-4-2)11-9(7)10(12)13/h5-6H,3-4H2,1-2H3,(H,12,13). The van der Waals surface area contributed by atoms with E-state index >= 15 is 0 Å². The Labute approximate surface area is 104 Å². The average Bonchev–Trinajstić information content (AvgIpc) is 2.21. The minimum absolute atomic E-state index is 0.121. The molecule has 0 aliphatic carbocycles. The molecule has 1 aromatic heterocycles. The molecule has 1 N–H and O–H groups in total. The number of nitrogens with zero attached hydrogens (tertiary/aromatic N) is 1. The summed E-state index contributed by atoms with van der Waals surface area (Å²) in [6, 6.07) is 3.94. The van der Waals surface area contributed by atoms with Crippen molar-refractivity contribution in [1.29, 1.82) is 0 Å². The van der Waals surface area contributed by atoms with Crippen molar-refractivity contribution >= 4 is 40.8 Å². The molecular weight excluding hydrogens is 246 g/mol. The van der Waals surface area contributed by atoms with Crippen molar-refractivity contribution in [1.82, 2.24) is 4.98 Å². The molecule has 0 aliphatic heterocycles. The lowest BCUT2D eigenvalue weighted by molar-refractivity contribution is 0.565. The maximum atomic E-state index is 9.37. The van der Waals surface area contributed by atoms with Crippen molar-refractivity contribution in [2.24, 2.45) is 0 Å². The van der Waals surface area contributed by atoms with Gasteiger partial charge in [0.1, 0.15) is 5.69 Å². The van der Waals surface area contributed by atoms with Gasteiger partial charge in [0.2, 0.25) is 5.05 Å². The lowest BCUT2D eigenvalue weighted by Gasteiger charge is -2.06. The van der Waals surface area contributed by atoms with Gasteiger partial charge in [-0.2, -0.15) is 0 Å². The van der Waals surface area contributed by atoms with Crippen LogP contribution in [0, 0.1) is 0 Å². The van der Waals surface area contributed by atoms with Crippen LogP contribution in [-0.2, 0) is 0 Å². The SMILES string of the molecule is CCSc1ccc(SCC)c(C(O)=S)n1. The van der Waals surface area contributed by atoms with E-state index < -0.39 is 0 Å². The van der Waals surface area contributed by atoms with Crippen LogP contribution in [0.2, 0.25) is 0 Å². The summed E-state index contributed by atoms with van der Waals surface area (Å²) in [6.07, 6.45) is 0. The summed E-state index contributed by atoms with van der Waals surface area (Å²) in [5, 5.41) is 10.2. The van der Waals surface area contributed by atoms with Gasteiger partial charge in [-0.1, -0.05) is 13.8 Å². The van der Waals surface area contributed by atoms with Gasteiger partial charge in [-0.3, -0.25) is 0 Å². The van der Waals surface area contributed by atoms with Crippen LogP contribution in [0.25, 0.3) is 0 Å². The minimum atomic E-state index is -0.121. The highest BCUT2D eigenvalue weighted by Crippen LogP contribution is 2.25. The highest BCUT2D eigenvalue weighted by atomic mass is 32.2. The lowest BCUT2D eigenvalue weighted by atomic mass is 10.4. The van der Waals surface area contributed by atoms with Crippen LogP contribution in [0.5, 0.6) is 0 Å². The van der Waals surface area contributed by atoms with Gasteiger partial charge in [-0.15, -0.1) is 23.5 Å². The number of aliphatic hydroxyl groups is 1. The first-order valence-corrected chi connectivity index (χ1v) is 7.06. The molecule has 0 amide bonds. The highest BCUT2D eigenvalue weighted by Gasteiger charge is 2.09. The molecule has 15 heavy (non-hydrogen) atoms. The number of thiocarbonyl (C=S) groups is 1. The molecule has 5 heteroatoms. The molecule has 0 radical (unpaired) electrons. The van der Waals surface area contributed by atoms with Crippen molar-refractivity contribution in [3.63, 3.8) is 0 Å². The summed E-state index contributed by atoms with van der Waals surface area (Å²) < 4.78 is 0. The van der Waals surface area contributed by atoms with E-state index in [2.05, 4.69) is 18.8 Å². The summed E-state index contributed by atoms with van der Waals surface area (Å²) in [6.45, 7) is 4.13. The monoisotopic (exact) mass is 259 g/mol. The third-order valence-corrected chi connectivity index (χ3v) is 3.56. The fraction of sp³-hybridized carbons (Fsp3) is 0.400. The Morgan fingerprint density at radius 2 is 2.00 bits per heavy atom. The molecule has 0 saturated heterocycles. The quantitative estimate of drug-likeness (QED) is 0.646. The Balaban J connectivity index is 3.03. The van der Waals surface area contributed by atoms with Gasteiger partial charge < -0.3 is 5.11 Å². The predicted octanol–water partition coefficient (Wildman–Crippen LogP) is 3.54. The zero-order chi connectivity index (χ0) is 11.3. The van der Waals surface area contributed by atoms with E-state index in [0.29, 0.717) is 5.69 Å². The van der Waals surface area contributed by atoms with Gasteiger partial charge in [0.15, 0.2) is 0 Å². The second-order valence-electron chi connectivity index (χ2n) is 2.67. The number of rotatable bonds is 5. The van der Waals surface area contributed by atoms with Crippen molar-refractivity contribution < 1.29 is 5.11 Å². The normalized spacial score (nSPS) is 10.3. The number of pyridine rings is 1. The largest absolute Gasteiger partial charge is 0.497 e. The van der Waals surface area contributed by atoms with E-state index in [1.165, 1.54) is 0 Å². The number of thioether (sulfide) groups is 2. The lowest BCUT2D eigenvalue weighted by Crippen LogP contribution is -2.02. The molecule has 0 saturated carbocycles. The summed E-state index contributed by atoms with van der Waals surface area (Å²) in [5.74, 6) is 1.91. The maximum absolute atomic E-state index is 9.37. The van der Waals surface area contributed by atoms with Crippen molar-refractivity contribution in [3.8, 4) is 0 Å². The zero-order valence-electron chi connectivity index (χ0n) is 8.69. The number of aliphatic hydroxyl groups excluding tert-OH is 1. The van der Waals surface area contributed by atoms with Crippen LogP contribution in [0.4, 0.5) is 0 Å². The van der Waals surface area contributed by atoms with Crippen LogP contribution in [0.1, 0.15) is 19.5 Å². The van der Waals surface area contributed by atoms with Crippen LogP contribution in [-0.4, -0.2) is 26.6 Å². The molecule has 0 fully saturated rings. The molecule has 0 bridgehead atoms. The van der Waals surface area contributed by atoms with E-state index in [0.717, 1.165) is 21.4 Å². The Bertz CT molecular complexity index is 355. The van der Waals surface area contributed by atoms with Crippen molar-refractivity contribution in [2.75, 3.05) is 11.5 Å². The summed E-state index contributed by atoms with van der Waals surface area (Å²) in [5.41, 5.74) is 0.537. The van der Waals surface area contributed by atoms with Crippen LogP contribution >= 0.6 is 35.7 Å². The molecule has 0 aliphatic rings. The van der Waals surface area contributed by atoms with Gasteiger partial charge in [-0.05, 0) is 35.9 Å².